The molecule has 1 atom stereocenters. The standard InChI is InChI=1S/C18H23FN4O2S2/c1-12-8-13-4-3-6-22(16(13)15(19)9-12)11-23-18(26)21(2)17(20-23)14-5-7-27(24,25)10-14/h8-9,14H,3-7,10-11H2,1-2H3/t14-/m0/s1. The number of hydrogen-bond donors (Lipinski definition) is 0. The Balaban J connectivity index is 1.66. The Labute approximate surface area is 163 Å². The molecule has 1 aromatic heterocycles. The molecule has 146 valence electrons. The van der Waals surface area contributed by atoms with Gasteiger partial charge in [-0.05, 0) is 55.6 Å². The van der Waals surface area contributed by atoms with Gasteiger partial charge in [-0.25, -0.2) is 17.5 Å². The highest BCUT2D eigenvalue weighted by Crippen LogP contribution is 2.32. The predicted molar refractivity (Wildman–Crippen MR) is 105 cm³/mol. The van der Waals surface area contributed by atoms with E-state index in [9.17, 15) is 12.8 Å². The summed E-state index contributed by atoms with van der Waals surface area (Å²) in [5, 5.41) is 4.62. The van der Waals surface area contributed by atoms with E-state index in [-0.39, 0.29) is 23.2 Å². The summed E-state index contributed by atoms with van der Waals surface area (Å²) in [5.41, 5.74) is 2.57. The lowest BCUT2D eigenvalue weighted by Gasteiger charge is -2.31. The molecule has 27 heavy (non-hydrogen) atoms. The Kier molecular flexibility index (Phi) is 4.62. The van der Waals surface area contributed by atoms with Crippen LogP contribution in [0.4, 0.5) is 10.1 Å². The van der Waals surface area contributed by atoms with Crippen LogP contribution in [0.2, 0.25) is 0 Å². The Hall–Kier alpha value is -1.74. The van der Waals surface area contributed by atoms with Crippen LogP contribution in [-0.4, -0.2) is 40.8 Å². The summed E-state index contributed by atoms with van der Waals surface area (Å²) in [6.45, 7) is 3.00. The van der Waals surface area contributed by atoms with Crippen LogP contribution in [0.3, 0.4) is 0 Å². The highest BCUT2D eigenvalue weighted by molar-refractivity contribution is 7.91. The third kappa shape index (κ3) is 3.42. The second-order valence-corrected chi connectivity index (χ2v) is 10.2. The number of hydrogen-bond acceptors (Lipinski definition) is 5. The highest BCUT2D eigenvalue weighted by atomic mass is 32.2. The molecule has 3 heterocycles. The molecule has 0 N–H and O–H groups in total. The van der Waals surface area contributed by atoms with Crippen LogP contribution in [0.25, 0.3) is 0 Å². The van der Waals surface area contributed by atoms with Gasteiger partial charge in [0.2, 0.25) is 0 Å². The van der Waals surface area contributed by atoms with E-state index in [4.69, 9.17) is 12.2 Å². The van der Waals surface area contributed by atoms with E-state index >= 15 is 0 Å². The third-order valence-corrected chi connectivity index (χ3v) is 7.71. The van der Waals surface area contributed by atoms with Crippen molar-refractivity contribution in [2.75, 3.05) is 23.0 Å². The number of fused-ring (bicyclic) bond motifs is 1. The average molecular weight is 411 g/mol. The zero-order valence-electron chi connectivity index (χ0n) is 15.5. The molecule has 1 fully saturated rings. The molecular weight excluding hydrogens is 387 g/mol. The van der Waals surface area contributed by atoms with E-state index < -0.39 is 9.84 Å². The van der Waals surface area contributed by atoms with Gasteiger partial charge >= 0.3 is 0 Å². The second-order valence-electron chi connectivity index (χ2n) is 7.56. The molecule has 0 unspecified atom stereocenters. The van der Waals surface area contributed by atoms with Gasteiger partial charge < -0.3 is 9.47 Å². The molecule has 0 bridgehead atoms. The molecule has 1 saturated heterocycles. The first-order valence-corrected chi connectivity index (χ1v) is 11.4. The Bertz CT molecular complexity index is 1060. The van der Waals surface area contributed by atoms with E-state index in [1.54, 1.807) is 15.3 Å². The van der Waals surface area contributed by atoms with Crippen LogP contribution < -0.4 is 4.90 Å². The first kappa shape index (κ1) is 18.6. The maximum atomic E-state index is 14.6. The fraction of sp³-hybridized carbons (Fsp3) is 0.556. The number of anilines is 1. The van der Waals surface area contributed by atoms with Crippen molar-refractivity contribution in [3.8, 4) is 0 Å². The summed E-state index contributed by atoms with van der Waals surface area (Å²) in [4.78, 5) is 1.98. The number of rotatable bonds is 3. The van der Waals surface area contributed by atoms with Gasteiger partial charge in [-0.1, -0.05) is 6.07 Å². The maximum Gasteiger partial charge on any atom is 0.199 e. The minimum Gasteiger partial charge on any atom is -0.349 e. The third-order valence-electron chi connectivity index (χ3n) is 5.45. The van der Waals surface area contributed by atoms with Crippen molar-refractivity contribution in [2.24, 2.45) is 7.05 Å². The topological polar surface area (TPSA) is 60.1 Å². The summed E-state index contributed by atoms with van der Waals surface area (Å²) >= 11 is 5.52. The lowest BCUT2D eigenvalue weighted by Crippen LogP contribution is -2.33. The molecule has 2 aliphatic rings. The van der Waals surface area contributed by atoms with Gasteiger partial charge in [0.05, 0.1) is 17.2 Å². The summed E-state index contributed by atoms with van der Waals surface area (Å²) in [6, 6.07) is 3.60. The summed E-state index contributed by atoms with van der Waals surface area (Å²) in [6.07, 6.45) is 2.38. The van der Waals surface area contributed by atoms with Crippen LogP contribution in [0, 0.1) is 17.5 Å². The molecule has 0 saturated carbocycles. The summed E-state index contributed by atoms with van der Waals surface area (Å²) in [5.74, 6) is 0.668. The maximum absolute atomic E-state index is 14.6. The molecule has 0 spiro atoms. The second kappa shape index (κ2) is 6.70. The van der Waals surface area contributed by atoms with E-state index in [2.05, 4.69) is 5.10 Å². The fourth-order valence-electron chi connectivity index (χ4n) is 4.18. The number of sulfone groups is 1. The van der Waals surface area contributed by atoms with E-state index in [1.807, 2.05) is 24.9 Å². The number of halogens is 1. The largest absolute Gasteiger partial charge is 0.349 e. The van der Waals surface area contributed by atoms with Gasteiger partial charge in [0.15, 0.2) is 14.6 Å². The van der Waals surface area contributed by atoms with Crippen molar-refractivity contribution >= 4 is 27.7 Å². The molecule has 2 aromatic rings. The van der Waals surface area contributed by atoms with Crippen LogP contribution in [0.5, 0.6) is 0 Å². The molecule has 0 amide bonds. The average Bonchev–Trinajstić information content (AvgIpc) is 3.08. The van der Waals surface area contributed by atoms with Gasteiger partial charge in [-0.15, -0.1) is 0 Å². The Morgan fingerprint density at radius 1 is 1.37 bits per heavy atom. The monoisotopic (exact) mass is 410 g/mol. The van der Waals surface area contributed by atoms with E-state index in [0.717, 1.165) is 30.5 Å². The Morgan fingerprint density at radius 2 is 2.15 bits per heavy atom. The van der Waals surface area contributed by atoms with Gasteiger partial charge in [-0.3, -0.25) is 0 Å². The number of aryl methyl sites for hydroxylation is 2. The number of benzene rings is 1. The normalized spacial score (nSPS) is 21.4. The van der Waals surface area contributed by atoms with Crippen molar-refractivity contribution in [2.45, 2.75) is 38.8 Å². The van der Waals surface area contributed by atoms with Crippen LogP contribution in [-0.2, 0) is 30.0 Å². The van der Waals surface area contributed by atoms with Gasteiger partial charge in [0.1, 0.15) is 18.3 Å². The van der Waals surface area contributed by atoms with Gasteiger partial charge in [-0.2, -0.15) is 5.10 Å². The first-order chi connectivity index (χ1) is 12.7. The van der Waals surface area contributed by atoms with Crippen LogP contribution in [0.15, 0.2) is 12.1 Å². The molecular formula is C18H23FN4O2S2. The molecule has 2 aliphatic heterocycles. The molecule has 6 nitrogen and oxygen atoms in total. The summed E-state index contributed by atoms with van der Waals surface area (Å²) in [7, 11) is -1.18. The van der Waals surface area contributed by atoms with Crippen molar-refractivity contribution in [1.29, 1.82) is 0 Å². The fourth-order valence-corrected chi connectivity index (χ4v) is 6.11. The van der Waals surface area contributed by atoms with Crippen molar-refractivity contribution in [3.63, 3.8) is 0 Å². The quantitative estimate of drug-likeness (QED) is 0.728. The van der Waals surface area contributed by atoms with Crippen molar-refractivity contribution in [1.82, 2.24) is 14.3 Å². The van der Waals surface area contributed by atoms with Crippen molar-refractivity contribution < 1.29 is 12.8 Å². The number of nitrogens with zero attached hydrogens (tertiary/aromatic N) is 4. The van der Waals surface area contributed by atoms with Crippen LogP contribution >= 0.6 is 12.2 Å². The molecule has 0 aliphatic carbocycles. The predicted octanol–water partition coefficient (Wildman–Crippen LogP) is 2.71. The van der Waals surface area contributed by atoms with E-state index in [1.165, 1.54) is 0 Å². The Morgan fingerprint density at radius 3 is 2.85 bits per heavy atom. The lowest BCUT2D eigenvalue weighted by molar-refractivity contribution is 0.520. The van der Waals surface area contributed by atoms with Crippen molar-refractivity contribution in [3.05, 3.63) is 39.7 Å². The van der Waals surface area contributed by atoms with Gasteiger partial charge in [0, 0.05) is 19.5 Å². The highest BCUT2D eigenvalue weighted by Gasteiger charge is 2.33. The smallest absolute Gasteiger partial charge is 0.199 e. The lowest BCUT2D eigenvalue weighted by atomic mass is 9.99. The minimum absolute atomic E-state index is 0.118. The molecule has 0 radical (unpaired) electrons. The summed E-state index contributed by atoms with van der Waals surface area (Å²) < 4.78 is 42.3. The zero-order valence-corrected chi connectivity index (χ0v) is 17.1. The molecule has 4 rings (SSSR count). The zero-order chi connectivity index (χ0) is 19.3. The van der Waals surface area contributed by atoms with Crippen LogP contribution in [0.1, 0.15) is 35.7 Å². The minimum atomic E-state index is -3.00. The molecule has 1 aromatic carbocycles. The SMILES string of the molecule is Cc1cc(F)c2c(c1)CCCN2Cn1nc([C@H]2CCS(=O)(=O)C2)n(C)c1=S. The van der Waals surface area contributed by atoms with E-state index in [0.29, 0.717) is 29.4 Å². The van der Waals surface area contributed by atoms with Gasteiger partial charge in [0.25, 0.3) is 0 Å². The molecule has 9 heteroatoms. The number of aromatic nitrogens is 3. The first-order valence-electron chi connectivity index (χ1n) is 9.13.